The second kappa shape index (κ2) is 4.74. The normalized spacial score (nSPS) is 29.5. The highest BCUT2D eigenvalue weighted by atomic mass is 16.1. The number of hydrogen-bond donors (Lipinski definition) is 0. The number of hydrogen-bond acceptors (Lipinski definition) is 2. The van der Waals surface area contributed by atoms with Crippen LogP contribution in [0.5, 0.6) is 0 Å². The molecule has 2 aromatic rings. The minimum atomic E-state index is 0.187. The number of aromatic nitrogens is 1. The lowest BCUT2D eigenvalue weighted by Gasteiger charge is -2.43. The van der Waals surface area contributed by atoms with E-state index in [1.807, 2.05) is 35.0 Å². The van der Waals surface area contributed by atoms with Crippen LogP contribution in [0.15, 0.2) is 41.3 Å². The van der Waals surface area contributed by atoms with Gasteiger partial charge in [0.2, 0.25) is 0 Å². The van der Waals surface area contributed by atoms with Crippen LogP contribution >= 0.6 is 0 Å². The van der Waals surface area contributed by atoms with Gasteiger partial charge in [-0.3, -0.25) is 4.79 Å². The highest BCUT2D eigenvalue weighted by Crippen LogP contribution is 2.34. The Kier molecular flexibility index (Phi) is 2.88. The molecule has 2 aliphatic rings. The monoisotopic (exact) mass is 268 g/mol. The molecule has 3 unspecified atom stereocenters. The van der Waals surface area contributed by atoms with Gasteiger partial charge in [0.15, 0.2) is 0 Å². The number of pyridine rings is 1. The molecule has 0 amide bonds. The van der Waals surface area contributed by atoms with Gasteiger partial charge < -0.3 is 9.47 Å². The highest BCUT2D eigenvalue weighted by Gasteiger charge is 2.33. The fourth-order valence-corrected chi connectivity index (χ4v) is 3.99. The molecule has 0 saturated carbocycles. The van der Waals surface area contributed by atoms with Crippen LogP contribution in [0.4, 0.5) is 0 Å². The van der Waals surface area contributed by atoms with E-state index in [-0.39, 0.29) is 5.56 Å². The van der Waals surface area contributed by atoms with Crippen molar-refractivity contribution < 1.29 is 0 Å². The Morgan fingerprint density at radius 2 is 1.95 bits per heavy atom. The maximum atomic E-state index is 12.7. The summed E-state index contributed by atoms with van der Waals surface area (Å²) in [6, 6.07) is 10.4. The largest absolute Gasteiger partial charge is 0.312 e. The summed E-state index contributed by atoms with van der Waals surface area (Å²) in [4.78, 5) is 15.3. The van der Waals surface area contributed by atoms with Gasteiger partial charge in [-0.15, -0.1) is 0 Å². The first kappa shape index (κ1) is 12.2. The fourth-order valence-electron chi connectivity index (χ4n) is 3.99. The van der Waals surface area contributed by atoms with E-state index in [1.54, 1.807) is 0 Å². The van der Waals surface area contributed by atoms with Gasteiger partial charge in [0.1, 0.15) is 0 Å². The molecular formula is C17H20N2O. The average Bonchev–Trinajstić information content (AvgIpc) is 2.49. The fraction of sp³-hybridized carbons (Fsp3) is 0.471. The predicted molar refractivity (Wildman–Crippen MR) is 81.0 cm³/mol. The molecule has 1 aromatic carbocycles. The summed E-state index contributed by atoms with van der Waals surface area (Å²) in [6.07, 6.45) is 5.67. The van der Waals surface area contributed by atoms with Gasteiger partial charge in [-0.05, 0) is 49.2 Å². The van der Waals surface area contributed by atoms with E-state index in [9.17, 15) is 4.79 Å². The van der Waals surface area contributed by atoms with Crippen molar-refractivity contribution in [2.45, 2.75) is 25.3 Å². The first-order valence-electron chi connectivity index (χ1n) is 7.65. The van der Waals surface area contributed by atoms with Gasteiger partial charge >= 0.3 is 0 Å². The molecule has 2 saturated heterocycles. The third-order valence-corrected chi connectivity index (χ3v) is 5.02. The van der Waals surface area contributed by atoms with Crippen LogP contribution in [0.1, 0.15) is 25.3 Å². The van der Waals surface area contributed by atoms with Gasteiger partial charge in [-0.1, -0.05) is 18.2 Å². The van der Waals surface area contributed by atoms with E-state index in [0.717, 1.165) is 23.7 Å². The zero-order valence-electron chi connectivity index (χ0n) is 11.7. The van der Waals surface area contributed by atoms with Crippen LogP contribution in [0.2, 0.25) is 0 Å². The molecule has 1 aromatic heterocycles. The molecule has 2 fully saturated rings. The van der Waals surface area contributed by atoms with Crippen LogP contribution in [0, 0.1) is 5.92 Å². The number of fused-ring (bicyclic) bond motifs is 3. The number of nitrogens with zero attached hydrogens (tertiary/aromatic N) is 2. The summed E-state index contributed by atoms with van der Waals surface area (Å²) in [5, 5.41) is 1.91. The first-order chi connectivity index (χ1) is 9.83. The molecule has 0 N–H and O–H groups in total. The van der Waals surface area contributed by atoms with Crippen molar-refractivity contribution >= 4 is 10.8 Å². The number of piperidine rings is 2. The first-order valence-corrected chi connectivity index (χ1v) is 7.65. The third kappa shape index (κ3) is 1.88. The summed E-state index contributed by atoms with van der Waals surface area (Å²) < 4.78 is 2.01. The summed E-state index contributed by atoms with van der Waals surface area (Å²) in [6.45, 7) is 3.56. The van der Waals surface area contributed by atoms with E-state index in [0.29, 0.717) is 12.0 Å². The molecule has 2 aliphatic heterocycles. The van der Waals surface area contributed by atoms with E-state index in [1.165, 1.54) is 25.9 Å². The standard InChI is InChI=1S/C17H20N2O/c20-17-15-6-2-1-4-13(15)7-11-19(17)16-8-10-18-9-3-5-14(16)12-18/h1-2,4,6-7,11,14,16H,3,5,8-10,12H2. The van der Waals surface area contributed by atoms with E-state index < -0.39 is 0 Å². The smallest absolute Gasteiger partial charge is 0.258 e. The minimum Gasteiger partial charge on any atom is -0.312 e. The summed E-state index contributed by atoms with van der Waals surface area (Å²) in [5.74, 6) is 0.649. The molecule has 3 atom stereocenters. The SMILES string of the molecule is O=c1c2ccccc2ccn1C1CCN2CCCC1C2. The minimum absolute atomic E-state index is 0.187. The van der Waals surface area contributed by atoms with Crippen LogP contribution in [-0.4, -0.2) is 29.1 Å². The Hall–Kier alpha value is -1.61. The maximum Gasteiger partial charge on any atom is 0.258 e. The molecule has 0 radical (unpaired) electrons. The van der Waals surface area contributed by atoms with Crippen LogP contribution < -0.4 is 5.56 Å². The van der Waals surface area contributed by atoms with Crippen molar-refractivity contribution in [1.82, 2.24) is 9.47 Å². The van der Waals surface area contributed by atoms with E-state index in [2.05, 4.69) is 11.0 Å². The van der Waals surface area contributed by atoms with Gasteiger partial charge in [0.05, 0.1) is 0 Å². The van der Waals surface area contributed by atoms with Gasteiger partial charge in [-0.25, -0.2) is 0 Å². The molecule has 0 spiro atoms. The molecule has 3 heteroatoms. The van der Waals surface area contributed by atoms with Crippen LogP contribution in [0.3, 0.4) is 0 Å². The Bertz CT molecular complexity index is 691. The second-order valence-corrected chi connectivity index (χ2v) is 6.17. The maximum absolute atomic E-state index is 12.7. The Balaban J connectivity index is 1.78. The predicted octanol–water partition coefficient (Wildman–Crippen LogP) is 2.66. The Labute approximate surface area is 118 Å². The van der Waals surface area contributed by atoms with Crippen molar-refractivity contribution in [3.05, 3.63) is 46.9 Å². The topological polar surface area (TPSA) is 25.2 Å². The molecule has 0 aliphatic carbocycles. The van der Waals surface area contributed by atoms with Crippen LogP contribution in [0.25, 0.3) is 10.8 Å². The Morgan fingerprint density at radius 1 is 1.05 bits per heavy atom. The second-order valence-electron chi connectivity index (χ2n) is 6.17. The Morgan fingerprint density at radius 3 is 2.90 bits per heavy atom. The van der Waals surface area contributed by atoms with Crippen molar-refractivity contribution in [2.24, 2.45) is 5.92 Å². The quantitative estimate of drug-likeness (QED) is 0.794. The number of rotatable bonds is 1. The lowest BCUT2D eigenvalue weighted by molar-refractivity contribution is 0.0775. The molecule has 3 nitrogen and oxygen atoms in total. The zero-order valence-corrected chi connectivity index (χ0v) is 11.7. The molecular weight excluding hydrogens is 248 g/mol. The van der Waals surface area contributed by atoms with Gasteiger partial charge in [-0.2, -0.15) is 0 Å². The summed E-state index contributed by atoms with van der Waals surface area (Å²) in [7, 11) is 0. The van der Waals surface area contributed by atoms with Crippen molar-refractivity contribution in [1.29, 1.82) is 0 Å². The summed E-state index contributed by atoms with van der Waals surface area (Å²) >= 11 is 0. The van der Waals surface area contributed by atoms with E-state index in [4.69, 9.17) is 0 Å². The molecule has 2 bridgehead atoms. The molecule has 20 heavy (non-hydrogen) atoms. The van der Waals surface area contributed by atoms with Crippen molar-refractivity contribution in [3.63, 3.8) is 0 Å². The molecule has 104 valence electrons. The van der Waals surface area contributed by atoms with Crippen molar-refractivity contribution in [2.75, 3.05) is 19.6 Å². The van der Waals surface area contributed by atoms with Crippen molar-refractivity contribution in [3.8, 4) is 0 Å². The van der Waals surface area contributed by atoms with Gasteiger partial charge in [0, 0.05) is 30.7 Å². The third-order valence-electron chi connectivity index (χ3n) is 5.02. The molecule has 3 heterocycles. The van der Waals surface area contributed by atoms with E-state index >= 15 is 0 Å². The zero-order chi connectivity index (χ0) is 13.5. The lowest BCUT2D eigenvalue weighted by Crippen LogP contribution is -2.46. The lowest BCUT2D eigenvalue weighted by atomic mass is 9.84. The highest BCUT2D eigenvalue weighted by molar-refractivity contribution is 5.81. The van der Waals surface area contributed by atoms with Gasteiger partial charge in [0.25, 0.3) is 5.56 Å². The summed E-state index contributed by atoms with van der Waals surface area (Å²) in [5.41, 5.74) is 0.187. The average molecular weight is 268 g/mol. The van der Waals surface area contributed by atoms with Crippen LogP contribution in [-0.2, 0) is 0 Å². The molecule has 4 rings (SSSR count). The number of benzene rings is 1.